The van der Waals surface area contributed by atoms with Gasteiger partial charge in [0, 0.05) is 16.9 Å². The van der Waals surface area contributed by atoms with Crippen molar-refractivity contribution < 1.29 is 28.7 Å². The van der Waals surface area contributed by atoms with Crippen molar-refractivity contribution in [2.24, 2.45) is 0 Å². The molecule has 3 aromatic carbocycles. The van der Waals surface area contributed by atoms with Gasteiger partial charge in [0.25, 0.3) is 17.7 Å². The molecule has 0 saturated carbocycles. The Hall–Kier alpha value is -4.63. The lowest BCUT2D eigenvalue weighted by atomic mass is 10.1. The molecule has 9 nitrogen and oxygen atoms in total. The highest BCUT2D eigenvalue weighted by molar-refractivity contribution is 6.53. The third kappa shape index (κ3) is 5.68. The number of hydrogen-bond donors (Lipinski definition) is 2. The zero-order valence-electron chi connectivity index (χ0n) is 20.6. The number of esters is 1. The number of carbonyl (C=O) groups excluding carboxylic acids is 4. The first-order valence-electron chi connectivity index (χ1n) is 11.7. The van der Waals surface area contributed by atoms with Crippen LogP contribution in [0.3, 0.4) is 0 Å². The SMILES string of the molecule is CCCOC(=O)c1cccc(N2C(=O)C(Cl)=C(Nc3ccc(C(=O)Nc4ccc(OC)cc4)cc3)C2=O)c1. The molecule has 0 spiro atoms. The van der Waals surface area contributed by atoms with E-state index in [0.29, 0.717) is 29.1 Å². The molecule has 0 unspecified atom stereocenters. The van der Waals surface area contributed by atoms with E-state index in [0.717, 1.165) is 4.90 Å². The monoisotopic (exact) mass is 533 g/mol. The van der Waals surface area contributed by atoms with Crippen LogP contribution >= 0.6 is 11.6 Å². The number of nitrogens with zero attached hydrogens (tertiary/aromatic N) is 1. The Kier molecular flexibility index (Phi) is 8.08. The van der Waals surface area contributed by atoms with Gasteiger partial charge in [0.05, 0.1) is 25.0 Å². The molecule has 0 radical (unpaired) electrons. The van der Waals surface area contributed by atoms with Crippen LogP contribution < -0.4 is 20.3 Å². The number of nitrogens with one attached hydrogen (secondary N) is 2. The van der Waals surface area contributed by atoms with Gasteiger partial charge in [0.15, 0.2) is 0 Å². The van der Waals surface area contributed by atoms with Gasteiger partial charge in [0.2, 0.25) is 0 Å². The molecular weight excluding hydrogens is 510 g/mol. The fraction of sp³-hybridized carbons (Fsp3) is 0.143. The third-order valence-electron chi connectivity index (χ3n) is 5.57. The minimum absolute atomic E-state index is 0.119. The number of hydrogen-bond acceptors (Lipinski definition) is 7. The second-order valence-corrected chi connectivity index (χ2v) is 8.58. The van der Waals surface area contributed by atoms with E-state index in [9.17, 15) is 19.2 Å². The largest absolute Gasteiger partial charge is 0.497 e. The molecule has 0 atom stereocenters. The van der Waals surface area contributed by atoms with Crippen molar-refractivity contribution in [1.29, 1.82) is 0 Å². The number of methoxy groups -OCH3 is 1. The van der Waals surface area contributed by atoms with Crippen LogP contribution in [0.25, 0.3) is 0 Å². The fourth-order valence-corrected chi connectivity index (χ4v) is 3.84. The second-order valence-electron chi connectivity index (χ2n) is 8.21. The summed E-state index contributed by atoms with van der Waals surface area (Å²) in [6, 6.07) is 19.2. The lowest BCUT2D eigenvalue weighted by molar-refractivity contribution is -0.120. The van der Waals surface area contributed by atoms with Gasteiger partial charge in [-0.05, 0) is 73.2 Å². The summed E-state index contributed by atoms with van der Waals surface area (Å²) >= 11 is 6.22. The minimum atomic E-state index is -0.728. The Morgan fingerprint density at radius 3 is 2.24 bits per heavy atom. The molecule has 0 bridgehead atoms. The molecular formula is C28H24ClN3O6. The van der Waals surface area contributed by atoms with Crippen molar-refractivity contribution in [3.8, 4) is 5.75 Å². The molecule has 38 heavy (non-hydrogen) atoms. The summed E-state index contributed by atoms with van der Waals surface area (Å²) in [5.74, 6) is -1.61. The zero-order chi connectivity index (χ0) is 27.2. The van der Waals surface area contributed by atoms with Crippen molar-refractivity contribution >= 4 is 52.4 Å². The van der Waals surface area contributed by atoms with Crippen LogP contribution in [0.5, 0.6) is 5.75 Å². The Bertz CT molecular complexity index is 1420. The Balaban J connectivity index is 1.45. The van der Waals surface area contributed by atoms with Gasteiger partial charge in [-0.1, -0.05) is 24.6 Å². The summed E-state index contributed by atoms with van der Waals surface area (Å²) < 4.78 is 10.2. The summed E-state index contributed by atoms with van der Waals surface area (Å²) in [4.78, 5) is 51.6. The third-order valence-corrected chi connectivity index (χ3v) is 5.92. The van der Waals surface area contributed by atoms with Crippen molar-refractivity contribution in [3.05, 3.63) is 94.7 Å². The number of imide groups is 1. The highest BCUT2D eigenvalue weighted by atomic mass is 35.5. The highest BCUT2D eigenvalue weighted by Crippen LogP contribution is 2.31. The lowest BCUT2D eigenvalue weighted by Crippen LogP contribution is -2.32. The number of benzene rings is 3. The molecule has 4 rings (SSSR count). The van der Waals surface area contributed by atoms with Crippen LogP contribution in [0.15, 0.2) is 83.5 Å². The molecule has 1 heterocycles. The molecule has 3 aromatic rings. The topological polar surface area (TPSA) is 114 Å². The van der Waals surface area contributed by atoms with Crippen molar-refractivity contribution in [3.63, 3.8) is 0 Å². The van der Waals surface area contributed by atoms with Crippen LogP contribution in [0.2, 0.25) is 0 Å². The predicted octanol–water partition coefficient (Wildman–Crippen LogP) is 4.95. The van der Waals surface area contributed by atoms with Crippen molar-refractivity contribution in [2.75, 3.05) is 29.3 Å². The van der Waals surface area contributed by atoms with Crippen LogP contribution in [-0.4, -0.2) is 37.4 Å². The number of amides is 3. The van der Waals surface area contributed by atoms with E-state index < -0.39 is 17.8 Å². The predicted molar refractivity (Wildman–Crippen MR) is 143 cm³/mol. The van der Waals surface area contributed by atoms with Crippen molar-refractivity contribution in [2.45, 2.75) is 13.3 Å². The van der Waals surface area contributed by atoms with Gasteiger partial charge in [-0.3, -0.25) is 14.4 Å². The number of rotatable bonds is 9. The van der Waals surface area contributed by atoms with Crippen LogP contribution in [0.1, 0.15) is 34.1 Å². The summed E-state index contributed by atoms with van der Waals surface area (Å²) in [6.07, 6.45) is 0.664. The van der Waals surface area contributed by atoms with E-state index in [1.54, 1.807) is 61.7 Å². The lowest BCUT2D eigenvalue weighted by Gasteiger charge is -2.16. The smallest absolute Gasteiger partial charge is 0.338 e. The second kappa shape index (κ2) is 11.6. The molecule has 194 valence electrons. The van der Waals surface area contributed by atoms with Crippen LogP contribution in [-0.2, 0) is 14.3 Å². The normalized spacial score (nSPS) is 13.0. The molecule has 0 fully saturated rings. The average molecular weight is 534 g/mol. The fourth-order valence-electron chi connectivity index (χ4n) is 3.62. The van der Waals surface area contributed by atoms with E-state index >= 15 is 0 Å². The van der Waals surface area contributed by atoms with Gasteiger partial charge in [0.1, 0.15) is 16.5 Å². The molecule has 0 aliphatic carbocycles. The summed E-state index contributed by atoms with van der Waals surface area (Å²) in [5.41, 5.74) is 1.70. The zero-order valence-corrected chi connectivity index (χ0v) is 21.4. The molecule has 0 saturated heterocycles. The minimum Gasteiger partial charge on any atom is -0.497 e. The maximum Gasteiger partial charge on any atom is 0.338 e. The van der Waals surface area contributed by atoms with E-state index in [1.165, 1.54) is 18.2 Å². The highest BCUT2D eigenvalue weighted by Gasteiger charge is 2.39. The van der Waals surface area contributed by atoms with Gasteiger partial charge in [-0.15, -0.1) is 0 Å². The average Bonchev–Trinajstić information content (AvgIpc) is 3.15. The molecule has 1 aliphatic heterocycles. The van der Waals surface area contributed by atoms with Gasteiger partial charge >= 0.3 is 5.97 Å². The number of halogens is 1. The van der Waals surface area contributed by atoms with Gasteiger partial charge in [-0.25, -0.2) is 9.69 Å². The van der Waals surface area contributed by atoms with Crippen LogP contribution in [0, 0.1) is 0 Å². The summed E-state index contributed by atoms with van der Waals surface area (Å²) in [6.45, 7) is 2.13. The molecule has 0 aromatic heterocycles. The van der Waals surface area contributed by atoms with Gasteiger partial charge in [-0.2, -0.15) is 0 Å². The Morgan fingerprint density at radius 2 is 1.58 bits per heavy atom. The first-order valence-corrected chi connectivity index (χ1v) is 12.1. The molecule has 10 heteroatoms. The van der Waals surface area contributed by atoms with E-state index in [2.05, 4.69) is 10.6 Å². The van der Waals surface area contributed by atoms with E-state index in [-0.39, 0.29) is 34.5 Å². The van der Waals surface area contributed by atoms with E-state index in [1.807, 2.05) is 6.92 Å². The first kappa shape index (κ1) is 26.4. The maximum atomic E-state index is 13.1. The Labute approximate surface area is 224 Å². The molecule has 1 aliphatic rings. The maximum absolute atomic E-state index is 13.1. The standard InChI is InChI=1S/C28H24ClN3O6/c1-3-15-38-28(36)18-5-4-6-21(16-18)32-26(34)23(29)24(27(32)35)30-19-9-7-17(8-10-19)25(33)31-20-11-13-22(37-2)14-12-20/h4-14,16,30H,3,15H2,1-2H3,(H,31,33). The molecule has 3 amide bonds. The first-order chi connectivity index (χ1) is 18.3. The number of carbonyl (C=O) groups is 4. The van der Waals surface area contributed by atoms with E-state index in [4.69, 9.17) is 21.1 Å². The van der Waals surface area contributed by atoms with Crippen LogP contribution in [0.4, 0.5) is 17.1 Å². The van der Waals surface area contributed by atoms with Crippen molar-refractivity contribution in [1.82, 2.24) is 0 Å². The number of ether oxygens (including phenoxy) is 2. The molecule has 2 N–H and O–H groups in total. The quantitative estimate of drug-likeness (QED) is 0.295. The summed E-state index contributed by atoms with van der Waals surface area (Å²) in [7, 11) is 1.56. The Morgan fingerprint density at radius 1 is 0.895 bits per heavy atom. The number of anilines is 3. The summed E-state index contributed by atoms with van der Waals surface area (Å²) in [5, 5.41) is 5.35. The van der Waals surface area contributed by atoms with Gasteiger partial charge < -0.3 is 20.1 Å².